The molecule has 1 aliphatic heterocycles. The molecule has 1 saturated carbocycles. The molecule has 33 heavy (non-hydrogen) atoms. The molecule has 176 valence electrons. The number of fused-ring (bicyclic) bond motifs is 1. The van der Waals surface area contributed by atoms with E-state index in [-0.39, 0.29) is 48.7 Å². The number of hydrogen-bond acceptors (Lipinski definition) is 5. The number of pyridine rings is 1. The number of carbonyl (C=O) groups is 1. The van der Waals surface area contributed by atoms with Gasteiger partial charge >= 0.3 is 0 Å². The molecule has 0 saturated heterocycles. The third-order valence-corrected chi connectivity index (χ3v) is 7.11. The monoisotopic (exact) mass is 508 g/mol. The van der Waals surface area contributed by atoms with Gasteiger partial charge in [0.15, 0.2) is 11.6 Å². The van der Waals surface area contributed by atoms with Crippen LogP contribution in [0.3, 0.4) is 0 Å². The molecule has 0 atom stereocenters. The lowest BCUT2D eigenvalue weighted by Crippen LogP contribution is -2.50. The first-order chi connectivity index (χ1) is 15.1. The number of nitrogens with zero attached hydrogens (tertiary/aromatic N) is 5. The van der Waals surface area contributed by atoms with Gasteiger partial charge in [-0.25, -0.2) is 0 Å². The molecule has 2 aliphatic rings. The summed E-state index contributed by atoms with van der Waals surface area (Å²) in [6.07, 6.45) is 7.15. The first-order valence-corrected chi connectivity index (χ1v) is 11.1. The van der Waals surface area contributed by atoms with Crippen molar-refractivity contribution in [3.8, 4) is 11.4 Å². The Morgan fingerprint density at radius 1 is 1.06 bits per heavy atom. The van der Waals surface area contributed by atoms with Crippen molar-refractivity contribution in [2.45, 2.75) is 50.2 Å². The first kappa shape index (κ1) is 25.4. The summed E-state index contributed by atoms with van der Waals surface area (Å²) in [6.45, 7) is 1.35. The second-order valence-corrected chi connectivity index (χ2v) is 8.95. The van der Waals surface area contributed by atoms with Crippen LogP contribution in [-0.4, -0.2) is 43.1 Å². The summed E-state index contributed by atoms with van der Waals surface area (Å²) in [5.74, 6) is 1.67. The lowest BCUT2D eigenvalue weighted by atomic mass is 9.68. The van der Waals surface area contributed by atoms with Crippen LogP contribution in [0.15, 0.2) is 48.8 Å². The summed E-state index contributed by atoms with van der Waals surface area (Å²) in [5.41, 5.74) is 8.29. The fourth-order valence-electron chi connectivity index (χ4n) is 5.03. The van der Waals surface area contributed by atoms with Crippen molar-refractivity contribution in [1.29, 1.82) is 0 Å². The minimum absolute atomic E-state index is 0. The molecule has 1 aromatic carbocycles. The normalized spacial score (nSPS) is 22.2. The third kappa shape index (κ3) is 4.73. The highest BCUT2D eigenvalue weighted by molar-refractivity contribution is 6.30. The second kappa shape index (κ2) is 10.4. The predicted octanol–water partition coefficient (Wildman–Crippen LogP) is 4.02. The molecular formula is C23H27Cl3N6O. The van der Waals surface area contributed by atoms with Gasteiger partial charge in [0, 0.05) is 41.0 Å². The van der Waals surface area contributed by atoms with E-state index >= 15 is 0 Å². The number of amides is 1. The SMILES string of the molecule is Cl.Cl.NC[C@]1(c2cccc(Cl)c2)CC[C@H](N2Cc3nnc(-c4ccncc4)n3CC2=O)CC1. The molecule has 0 radical (unpaired) electrons. The topological polar surface area (TPSA) is 89.9 Å². The Morgan fingerprint density at radius 2 is 1.79 bits per heavy atom. The number of rotatable bonds is 4. The summed E-state index contributed by atoms with van der Waals surface area (Å²) in [5, 5.41) is 9.46. The van der Waals surface area contributed by atoms with E-state index in [9.17, 15) is 4.79 Å². The molecule has 0 bridgehead atoms. The Morgan fingerprint density at radius 3 is 2.45 bits per heavy atom. The maximum Gasteiger partial charge on any atom is 0.243 e. The largest absolute Gasteiger partial charge is 0.331 e. The van der Waals surface area contributed by atoms with Crippen LogP contribution in [-0.2, 0) is 23.3 Å². The van der Waals surface area contributed by atoms with E-state index in [0.29, 0.717) is 13.1 Å². The Balaban J connectivity index is 0.00000153. The number of benzene rings is 1. The summed E-state index contributed by atoms with van der Waals surface area (Å²) in [6, 6.07) is 12.0. The van der Waals surface area contributed by atoms with Crippen LogP contribution < -0.4 is 5.73 Å². The molecule has 10 heteroatoms. The Kier molecular flexibility index (Phi) is 8.00. The van der Waals surface area contributed by atoms with Gasteiger partial charge in [0.25, 0.3) is 0 Å². The van der Waals surface area contributed by atoms with Gasteiger partial charge < -0.3 is 10.6 Å². The molecule has 1 fully saturated rings. The highest BCUT2D eigenvalue weighted by Crippen LogP contribution is 2.41. The van der Waals surface area contributed by atoms with Crippen molar-refractivity contribution in [1.82, 2.24) is 24.6 Å². The van der Waals surface area contributed by atoms with Gasteiger partial charge in [0.2, 0.25) is 5.91 Å². The second-order valence-electron chi connectivity index (χ2n) is 8.51. The molecular weight excluding hydrogens is 483 g/mol. The van der Waals surface area contributed by atoms with E-state index in [1.807, 2.05) is 39.8 Å². The van der Waals surface area contributed by atoms with Crippen LogP contribution in [0.4, 0.5) is 0 Å². The standard InChI is InChI=1S/C23H25ClN6O.2ClH/c24-18-3-1-2-17(12-18)23(15-25)8-4-19(5-9-23)29-13-20-27-28-22(30(20)14-21(29)31)16-6-10-26-11-7-16;;/h1-3,6-7,10-12,19H,4-5,8-9,13-15,25H2;2*1H/t19-,23-;;. The van der Waals surface area contributed by atoms with E-state index < -0.39 is 0 Å². The first-order valence-electron chi connectivity index (χ1n) is 10.7. The van der Waals surface area contributed by atoms with Crippen molar-refractivity contribution < 1.29 is 4.79 Å². The maximum atomic E-state index is 13.1. The molecule has 2 N–H and O–H groups in total. The van der Waals surface area contributed by atoms with Crippen LogP contribution in [0.25, 0.3) is 11.4 Å². The zero-order valence-electron chi connectivity index (χ0n) is 18.1. The van der Waals surface area contributed by atoms with Crippen molar-refractivity contribution in [2.75, 3.05) is 6.54 Å². The average Bonchev–Trinajstić information content (AvgIpc) is 3.22. The number of nitrogens with two attached hydrogens (primary N) is 1. The molecule has 1 aliphatic carbocycles. The van der Waals surface area contributed by atoms with Crippen molar-refractivity contribution >= 4 is 42.3 Å². The summed E-state index contributed by atoms with van der Waals surface area (Å²) in [7, 11) is 0. The fourth-order valence-corrected chi connectivity index (χ4v) is 5.22. The van der Waals surface area contributed by atoms with Gasteiger partial charge in [-0.15, -0.1) is 35.0 Å². The van der Waals surface area contributed by atoms with Crippen LogP contribution in [0.2, 0.25) is 5.02 Å². The predicted molar refractivity (Wildman–Crippen MR) is 133 cm³/mol. The van der Waals surface area contributed by atoms with Crippen LogP contribution in [0.5, 0.6) is 0 Å². The number of carbonyl (C=O) groups excluding carboxylic acids is 1. The van der Waals surface area contributed by atoms with Gasteiger partial charge in [-0.2, -0.15) is 0 Å². The summed E-state index contributed by atoms with van der Waals surface area (Å²) < 4.78 is 1.92. The molecule has 7 nitrogen and oxygen atoms in total. The molecule has 2 aromatic heterocycles. The summed E-state index contributed by atoms with van der Waals surface area (Å²) in [4.78, 5) is 19.1. The zero-order chi connectivity index (χ0) is 21.4. The fraction of sp³-hybridized carbons (Fsp3) is 0.391. The van der Waals surface area contributed by atoms with Gasteiger partial charge in [0.1, 0.15) is 6.54 Å². The number of aromatic nitrogens is 4. The van der Waals surface area contributed by atoms with Crippen molar-refractivity contribution in [3.63, 3.8) is 0 Å². The molecule has 3 heterocycles. The Labute approximate surface area is 210 Å². The number of halogens is 3. The molecule has 5 rings (SSSR count). The third-order valence-electron chi connectivity index (χ3n) is 6.87. The number of hydrogen-bond donors (Lipinski definition) is 1. The average molecular weight is 510 g/mol. The Bertz CT molecular complexity index is 1100. The van der Waals surface area contributed by atoms with E-state index in [2.05, 4.69) is 21.2 Å². The van der Waals surface area contributed by atoms with Gasteiger partial charge in [-0.3, -0.25) is 14.3 Å². The lowest BCUT2D eigenvalue weighted by molar-refractivity contribution is -0.137. The van der Waals surface area contributed by atoms with E-state index in [0.717, 1.165) is 47.9 Å². The van der Waals surface area contributed by atoms with Crippen LogP contribution in [0, 0.1) is 0 Å². The van der Waals surface area contributed by atoms with Crippen LogP contribution in [0.1, 0.15) is 37.1 Å². The van der Waals surface area contributed by atoms with Crippen molar-refractivity contribution in [2.24, 2.45) is 5.73 Å². The minimum atomic E-state index is -0.0746. The molecule has 1 amide bonds. The zero-order valence-corrected chi connectivity index (χ0v) is 20.5. The Hall–Kier alpha value is -2.19. The lowest BCUT2D eigenvalue weighted by Gasteiger charge is -2.44. The molecule has 0 spiro atoms. The van der Waals surface area contributed by atoms with Gasteiger partial charge in [0.05, 0.1) is 6.54 Å². The minimum Gasteiger partial charge on any atom is -0.331 e. The van der Waals surface area contributed by atoms with E-state index in [1.165, 1.54) is 5.56 Å². The van der Waals surface area contributed by atoms with Gasteiger partial charge in [-0.05, 0) is 55.5 Å². The maximum absolute atomic E-state index is 13.1. The van der Waals surface area contributed by atoms with Crippen LogP contribution >= 0.6 is 36.4 Å². The van der Waals surface area contributed by atoms with Crippen molar-refractivity contribution in [3.05, 3.63) is 65.2 Å². The molecule has 0 unspecified atom stereocenters. The summed E-state index contributed by atoms with van der Waals surface area (Å²) >= 11 is 6.23. The van der Waals surface area contributed by atoms with Gasteiger partial charge in [-0.1, -0.05) is 23.7 Å². The van der Waals surface area contributed by atoms with E-state index in [1.54, 1.807) is 12.4 Å². The van der Waals surface area contributed by atoms with E-state index in [4.69, 9.17) is 17.3 Å². The molecule has 3 aromatic rings. The highest BCUT2D eigenvalue weighted by Gasteiger charge is 2.40. The smallest absolute Gasteiger partial charge is 0.243 e. The quantitative estimate of drug-likeness (QED) is 0.574. The highest BCUT2D eigenvalue weighted by atomic mass is 35.5.